The van der Waals surface area contributed by atoms with Crippen molar-refractivity contribution in [3.05, 3.63) is 243 Å². The first kappa shape index (κ1) is 40.0. The van der Waals surface area contributed by atoms with Crippen molar-refractivity contribution in [2.24, 2.45) is 0 Å². The summed E-state index contributed by atoms with van der Waals surface area (Å²) in [6.45, 7) is 0. The van der Waals surface area contributed by atoms with Gasteiger partial charge in [0, 0.05) is 25.5 Å². The van der Waals surface area contributed by atoms with E-state index in [1.165, 1.54) is 87.8 Å². The Morgan fingerprint density at radius 2 is 0.600 bits per heavy atom. The van der Waals surface area contributed by atoms with Crippen molar-refractivity contribution >= 4 is 100.0 Å². The monoisotopic (exact) mass is 894 g/mol. The Bertz CT molecular complexity index is 4000. The van der Waals surface area contributed by atoms with Crippen LogP contribution in [0.2, 0.25) is 0 Å². The molecule has 0 amide bonds. The van der Waals surface area contributed by atoms with Gasteiger partial charge in [-0.1, -0.05) is 158 Å². The average molecular weight is 895 g/mol. The van der Waals surface area contributed by atoms with Gasteiger partial charge < -0.3 is 19.6 Å². The minimum absolute atomic E-state index is 1.11. The zero-order valence-corrected chi connectivity index (χ0v) is 38.9. The van der Waals surface area contributed by atoms with Crippen LogP contribution >= 0.6 is 0 Å². The standard InChI is InChI=1S/C66H46N4/c1-67-57-23-9-13-27-61(57)69(62-28-14-10-24-58(62)67)49-36-38-54-55(41-49)65(48-34-32-44-18-4-6-20-46(44)40-48)53-37-35-50(70-63-29-15-11-25-59(63)68(2)60-26-12-16-30-64(60)70)42-56(53)66(54)52-22-8-7-21-51(52)47-33-31-43-17-3-5-19-45(43)39-47/h3-42H,1-2H3. The molecular formula is C66H46N4. The third kappa shape index (κ3) is 6.10. The highest BCUT2D eigenvalue weighted by Gasteiger charge is 2.31. The first-order valence-electron chi connectivity index (χ1n) is 24.1. The molecule has 2 aliphatic heterocycles. The molecule has 330 valence electrons. The van der Waals surface area contributed by atoms with Gasteiger partial charge in [-0.25, -0.2) is 0 Å². The number of hydrogen-bond donors (Lipinski definition) is 0. The van der Waals surface area contributed by atoms with Crippen LogP contribution in [-0.4, -0.2) is 14.1 Å². The van der Waals surface area contributed by atoms with Crippen molar-refractivity contribution in [2.45, 2.75) is 0 Å². The smallest absolute Gasteiger partial charge is 0.0699 e. The normalized spacial score (nSPS) is 12.9. The molecule has 4 heteroatoms. The highest BCUT2D eigenvalue weighted by Crippen LogP contribution is 2.55. The molecule has 4 nitrogen and oxygen atoms in total. The van der Waals surface area contributed by atoms with Crippen LogP contribution in [0, 0.1) is 0 Å². The van der Waals surface area contributed by atoms with E-state index in [1.807, 2.05) is 0 Å². The van der Waals surface area contributed by atoms with E-state index in [9.17, 15) is 0 Å². The molecule has 12 aromatic rings. The maximum Gasteiger partial charge on any atom is 0.0699 e. The summed E-state index contributed by atoms with van der Waals surface area (Å²) in [5.41, 5.74) is 18.7. The van der Waals surface area contributed by atoms with E-state index in [0.29, 0.717) is 0 Å². The van der Waals surface area contributed by atoms with Crippen LogP contribution in [0.25, 0.3) is 76.5 Å². The molecule has 0 radical (unpaired) electrons. The Kier molecular flexibility index (Phi) is 8.99. The van der Waals surface area contributed by atoms with E-state index in [2.05, 4.69) is 276 Å². The summed E-state index contributed by atoms with van der Waals surface area (Å²) in [5.74, 6) is 0. The summed E-state index contributed by atoms with van der Waals surface area (Å²) in [6, 6.07) is 89.8. The van der Waals surface area contributed by atoms with Gasteiger partial charge >= 0.3 is 0 Å². The van der Waals surface area contributed by atoms with Crippen molar-refractivity contribution in [1.82, 2.24) is 0 Å². The lowest BCUT2D eigenvalue weighted by molar-refractivity contribution is 1.13. The summed E-state index contributed by atoms with van der Waals surface area (Å²) in [7, 11) is 4.35. The van der Waals surface area contributed by atoms with Crippen molar-refractivity contribution in [3.8, 4) is 33.4 Å². The summed E-state index contributed by atoms with van der Waals surface area (Å²) < 4.78 is 0. The number of rotatable bonds is 5. The fourth-order valence-electron chi connectivity index (χ4n) is 11.6. The Balaban J connectivity index is 1.11. The molecule has 0 bridgehead atoms. The van der Waals surface area contributed by atoms with Gasteiger partial charge in [0.15, 0.2) is 0 Å². The lowest BCUT2D eigenvalue weighted by Gasteiger charge is -2.39. The number of nitrogens with zero attached hydrogens (tertiary/aromatic N) is 4. The van der Waals surface area contributed by atoms with Crippen LogP contribution in [0.15, 0.2) is 243 Å². The number of fused-ring (bicyclic) bond motifs is 8. The molecule has 0 N–H and O–H groups in total. The third-order valence-corrected chi connectivity index (χ3v) is 14.8. The molecule has 14 rings (SSSR count). The van der Waals surface area contributed by atoms with Gasteiger partial charge in [0.1, 0.15) is 0 Å². The van der Waals surface area contributed by atoms with E-state index in [0.717, 1.165) is 45.5 Å². The van der Waals surface area contributed by atoms with E-state index in [-0.39, 0.29) is 0 Å². The molecule has 0 spiro atoms. The quantitative estimate of drug-likeness (QED) is 0.160. The van der Waals surface area contributed by atoms with Gasteiger partial charge in [-0.3, -0.25) is 0 Å². The summed E-state index contributed by atoms with van der Waals surface area (Å²) in [4.78, 5) is 9.53. The fourth-order valence-corrected chi connectivity index (χ4v) is 11.6. The first-order valence-corrected chi connectivity index (χ1v) is 24.1. The molecule has 0 atom stereocenters. The molecule has 2 heterocycles. The van der Waals surface area contributed by atoms with Crippen LogP contribution in [-0.2, 0) is 0 Å². The molecule has 0 saturated carbocycles. The Morgan fingerprint density at radius 3 is 1.09 bits per heavy atom. The molecule has 2 aliphatic rings. The zero-order valence-electron chi connectivity index (χ0n) is 38.9. The molecule has 0 fully saturated rings. The predicted octanol–water partition coefficient (Wildman–Crippen LogP) is 18.4. The topological polar surface area (TPSA) is 13.0 Å². The van der Waals surface area contributed by atoms with Crippen LogP contribution < -0.4 is 19.6 Å². The van der Waals surface area contributed by atoms with Crippen LogP contribution in [0.4, 0.5) is 56.9 Å². The number of anilines is 10. The maximum absolute atomic E-state index is 2.46. The number of hydrogen-bond acceptors (Lipinski definition) is 4. The predicted molar refractivity (Wildman–Crippen MR) is 298 cm³/mol. The summed E-state index contributed by atoms with van der Waals surface area (Å²) >= 11 is 0. The molecule has 0 aromatic heterocycles. The van der Waals surface area contributed by atoms with Crippen molar-refractivity contribution < 1.29 is 0 Å². The van der Waals surface area contributed by atoms with Crippen molar-refractivity contribution in [3.63, 3.8) is 0 Å². The van der Waals surface area contributed by atoms with E-state index >= 15 is 0 Å². The summed E-state index contributed by atoms with van der Waals surface area (Å²) in [6.07, 6.45) is 0. The van der Waals surface area contributed by atoms with E-state index in [1.54, 1.807) is 0 Å². The second-order valence-electron chi connectivity index (χ2n) is 18.6. The molecular weight excluding hydrogens is 849 g/mol. The van der Waals surface area contributed by atoms with E-state index < -0.39 is 0 Å². The second kappa shape index (κ2) is 15.7. The lowest BCUT2D eigenvalue weighted by atomic mass is 9.83. The van der Waals surface area contributed by atoms with Crippen LogP contribution in [0.3, 0.4) is 0 Å². The Morgan fingerprint density at radius 1 is 0.243 bits per heavy atom. The van der Waals surface area contributed by atoms with Gasteiger partial charge in [-0.05, 0) is 161 Å². The second-order valence-corrected chi connectivity index (χ2v) is 18.6. The summed E-state index contributed by atoms with van der Waals surface area (Å²) in [5, 5.41) is 9.68. The maximum atomic E-state index is 2.46. The number of para-hydroxylation sites is 8. The van der Waals surface area contributed by atoms with Crippen molar-refractivity contribution in [1.29, 1.82) is 0 Å². The Labute approximate surface area is 407 Å². The van der Waals surface area contributed by atoms with E-state index in [4.69, 9.17) is 0 Å². The minimum Gasteiger partial charge on any atom is -0.341 e. The van der Waals surface area contributed by atoms with Crippen molar-refractivity contribution in [2.75, 3.05) is 33.7 Å². The average Bonchev–Trinajstić information content (AvgIpc) is 3.42. The molecule has 0 saturated heterocycles. The van der Waals surface area contributed by atoms with Crippen LogP contribution in [0.5, 0.6) is 0 Å². The van der Waals surface area contributed by atoms with Gasteiger partial charge in [0.05, 0.1) is 45.5 Å². The van der Waals surface area contributed by atoms with Gasteiger partial charge in [-0.15, -0.1) is 0 Å². The third-order valence-electron chi connectivity index (χ3n) is 14.8. The number of benzene rings is 12. The van der Waals surface area contributed by atoms with Gasteiger partial charge in [0.2, 0.25) is 0 Å². The molecule has 70 heavy (non-hydrogen) atoms. The molecule has 0 aliphatic carbocycles. The van der Waals surface area contributed by atoms with Gasteiger partial charge in [0.25, 0.3) is 0 Å². The highest BCUT2D eigenvalue weighted by molar-refractivity contribution is 6.24. The van der Waals surface area contributed by atoms with Gasteiger partial charge in [-0.2, -0.15) is 0 Å². The Hall–Kier alpha value is -9.12. The molecule has 12 aromatic carbocycles. The highest BCUT2D eigenvalue weighted by atomic mass is 15.3. The fraction of sp³-hybridized carbons (Fsp3) is 0.0303. The first-order chi connectivity index (χ1) is 34.6. The SMILES string of the molecule is CN1c2ccccc2N(c2ccc3c(-c4ccccc4-c4ccc5ccccc5c4)c4cc(N5c6ccccc6N(C)c6ccccc65)ccc4c(-c4ccc5ccccc5c4)c3c2)c2ccccc21. The van der Waals surface area contributed by atoms with Crippen LogP contribution in [0.1, 0.15) is 0 Å². The minimum atomic E-state index is 1.11. The lowest BCUT2D eigenvalue weighted by Crippen LogP contribution is -2.24. The zero-order chi connectivity index (χ0) is 46.5. The molecule has 0 unspecified atom stereocenters. The largest absolute Gasteiger partial charge is 0.341 e.